The van der Waals surface area contributed by atoms with Crippen LogP contribution in [0.4, 0.5) is 11.8 Å². The van der Waals surface area contributed by atoms with Crippen LogP contribution in [0.15, 0.2) is 23.3 Å². The Labute approximate surface area is 124 Å². The van der Waals surface area contributed by atoms with Gasteiger partial charge in [0.1, 0.15) is 11.5 Å². The van der Waals surface area contributed by atoms with E-state index in [1.165, 1.54) is 0 Å². The maximum Gasteiger partial charge on any atom is 0.257 e. The maximum atomic E-state index is 11.9. The van der Waals surface area contributed by atoms with Crippen LogP contribution in [-0.2, 0) is 13.5 Å². The second-order valence-corrected chi connectivity index (χ2v) is 5.20. The predicted octanol–water partition coefficient (Wildman–Crippen LogP) is 1.07. The summed E-state index contributed by atoms with van der Waals surface area (Å²) in [7, 11) is 1.87. The zero-order valence-corrected chi connectivity index (χ0v) is 12.0. The van der Waals surface area contributed by atoms with Crippen LogP contribution in [-0.4, -0.2) is 19.5 Å². The SMILES string of the molecule is Cn1cc(Cl)c2cc(Cc3c(N)nc(N)[nH]c3=O)cnc21. The lowest BCUT2D eigenvalue weighted by molar-refractivity contribution is 0.945. The van der Waals surface area contributed by atoms with E-state index in [1.807, 2.05) is 17.7 Å². The summed E-state index contributed by atoms with van der Waals surface area (Å²) in [6, 6.07) is 1.89. The number of hydrogen-bond donors (Lipinski definition) is 3. The first-order valence-corrected chi connectivity index (χ1v) is 6.57. The quantitative estimate of drug-likeness (QED) is 0.655. The van der Waals surface area contributed by atoms with E-state index in [0.717, 1.165) is 16.6 Å². The highest BCUT2D eigenvalue weighted by molar-refractivity contribution is 6.35. The van der Waals surface area contributed by atoms with Crippen LogP contribution in [0.1, 0.15) is 11.1 Å². The fraction of sp³-hybridized carbons (Fsp3) is 0.154. The molecule has 0 bridgehead atoms. The first-order valence-electron chi connectivity index (χ1n) is 6.19. The molecule has 0 amide bonds. The average Bonchev–Trinajstić information content (AvgIpc) is 2.69. The molecule has 0 spiro atoms. The smallest absolute Gasteiger partial charge is 0.257 e. The van der Waals surface area contributed by atoms with Gasteiger partial charge in [0.25, 0.3) is 5.56 Å². The topological polar surface area (TPSA) is 116 Å². The molecule has 0 aliphatic rings. The number of aromatic amines is 1. The number of anilines is 2. The highest BCUT2D eigenvalue weighted by atomic mass is 35.5. The van der Waals surface area contributed by atoms with Gasteiger partial charge in [0.15, 0.2) is 0 Å². The highest BCUT2D eigenvalue weighted by Gasteiger charge is 2.11. The summed E-state index contributed by atoms with van der Waals surface area (Å²) in [6.45, 7) is 0. The Bertz CT molecular complexity index is 898. The van der Waals surface area contributed by atoms with Gasteiger partial charge in [-0.05, 0) is 11.6 Å². The van der Waals surface area contributed by atoms with Crippen molar-refractivity contribution in [3.63, 3.8) is 0 Å². The number of fused-ring (bicyclic) bond motifs is 1. The number of rotatable bonds is 2. The number of pyridine rings is 1. The molecule has 7 nitrogen and oxygen atoms in total. The number of aromatic nitrogens is 4. The average molecular weight is 305 g/mol. The van der Waals surface area contributed by atoms with Crippen molar-refractivity contribution >= 4 is 34.4 Å². The minimum atomic E-state index is -0.348. The zero-order valence-electron chi connectivity index (χ0n) is 11.2. The Hall–Kier alpha value is -2.54. The van der Waals surface area contributed by atoms with E-state index < -0.39 is 0 Å². The summed E-state index contributed by atoms with van der Waals surface area (Å²) in [5, 5.41) is 1.44. The normalized spacial score (nSPS) is 11.1. The van der Waals surface area contributed by atoms with Crippen LogP contribution in [0.25, 0.3) is 11.0 Å². The number of nitrogens with one attached hydrogen (secondary N) is 1. The summed E-state index contributed by atoms with van der Waals surface area (Å²) in [5.41, 5.74) is 12.8. The van der Waals surface area contributed by atoms with E-state index in [0.29, 0.717) is 17.0 Å². The number of nitrogens with two attached hydrogens (primary N) is 2. The third-order valence-corrected chi connectivity index (χ3v) is 3.57. The fourth-order valence-electron chi connectivity index (χ4n) is 2.26. The molecule has 0 radical (unpaired) electrons. The van der Waals surface area contributed by atoms with Crippen LogP contribution in [0.5, 0.6) is 0 Å². The van der Waals surface area contributed by atoms with Gasteiger partial charge >= 0.3 is 0 Å². The second kappa shape index (κ2) is 4.78. The van der Waals surface area contributed by atoms with Crippen molar-refractivity contribution in [2.45, 2.75) is 6.42 Å². The molecule has 3 heterocycles. The van der Waals surface area contributed by atoms with Crippen LogP contribution >= 0.6 is 11.6 Å². The van der Waals surface area contributed by atoms with Gasteiger partial charge in [-0.3, -0.25) is 9.78 Å². The summed E-state index contributed by atoms with van der Waals surface area (Å²) >= 11 is 6.15. The van der Waals surface area contributed by atoms with Crippen molar-refractivity contribution < 1.29 is 0 Å². The van der Waals surface area contributed by atoms with Gasteiger partial charge in [0.05, 0.1) is 10.6 Å². The molecule has 3 rings (SSSR count). The molecular weight excluding hydrogens is 292 g/mol. The molecule has 108 valence electrons. The molecule has 0 atom stereocenters. The third kappa shape index (κ3) is 2.31. The second-order valence-electron chi connectivity index (χ2n) is 4.79. The van der Waals surface area contributed by atoms with Gasteiger partial charge in [-0.2, -0.15) is 4.98 Å². The highest BCUT2D eigenvalue weighted by Crippen LogP contribution is 2.25. The third-order valence-electron chi connectivity index (χ3n) is 3.27. The van der Waals surface area contributed by atoms with E-state index in [1.54, 1.807) is 12.4 Å². The molecule has 0 aliphatic heterocycles. The summed E-state index contributed by atoms with van der Waals surface area (Å²) in [6.07, 6.45) is 3.78. The molecule has 0 saturated heterocycles. The molecule has 5 N–H and O–H groups in total. The van der Waals surface area contributed by atoms with Crippen molar-refractivity contribution in [1.82, 2.24) is 19.5 Å². The van der Waals surface area contributed by atoms with Gasteiger partial charge in [0, 0.05) is 31.2 Å². The van der Waals surface area contributed by atoms with E-state index in [4.69, 9.17) is 23.1 Å². The molecule has 3 aromatic heterocycles. The Morgan fingerprint density at radius 2 is 2.19 bits per heavy atom. The summed E-state index contributed by atoms with van der Waals surface area (Å²) < 4.78 is 1.84. The standard InChI is InChI=1S/C13H13ClN6O/c1-20-5-9(14)7-2-6(4-17-11(7)20)3-8-10(15)18-13(16)19-12(8)21/h2,4-5H,3H2,1H3,(H5,15,16,18,19,21). The number of hydrogen-bond acceptors (Lipinski definition) is 5. The molecule has 21 heavy (non-hydrogen) atoms. The van der Waals surface area contributed by atoms with Gasteiger partial charge in [-0.25, -0.2) is 4.98 Å². The molecule has 0 aliphatic carbocycles. The summed E-state index contributed by atoms with van der Waals surface area (Å²) in [5.74, 6) is 0.122. The van der Waals surface area contributed by atoms with Crippen molar-refractivity contribution in [2.24, 2.45) is 7.05 Å². The Kier molecular flexibility index (Phi) is 3.06. The minimum absolute atomic E-state index is 0.000862. The molecule has 0 unspecified atom stereocenters. The molecule has 0 aromatic carbocycles. The first-order chi connectivity index (χ1) is 9.95. The molecule has 0 fully saturated rings. The van der Waals surface area contributed by atoms with Crippen LogP contribution < -0.4 is 17.0 Å². The molecule has 3 aromatic rings. The van der Waals surface area contributed by atoms with E-state index >= 15 is 0 Å². The lowest BCUT2D eigenvalue weighted by atomic mass is 10.1. The number of halogens is 1. The summed E-state index contributed by atoms with van der Waals surface area (Å²) in [4.78, 5) is 22.5. The largest absolute Gasteiger partial charge is 0.383 e. The molecule has 0 saturated carbocycles. The van der Waals surface area contributed by atoms with Gasteiger partial charge in [-0.1, -0.05) is 11.6 Å². The number of aryl methyl sites for hydroxylation is 1. The Morgan fingerprint density at radius 1 is 1.43 bits per heavy atom. The Balaban J connectivity index is 2.07. The first kappa shape index (κ1) is 13.4. The van der Waals surface area contributed by atoms with Crippen molar-refractivity contribution in [3.05, 3.63) is 45.0 Å². The monoisotopic (exact) mass is 304 g/mol. The fourth-order valence-corrected chi connectivity index (χ4v) is 2.55. The number of nitrogen functional groups attached to an aromatic ring is 2. The van der Waals surface area contributed by atoms with Crippen LogP contribution in [0.2, 0.25) is 5.02 Å². The van der Waals surface area contributed by atoms with E-state index in [9.17, 15) is 4.79 Å². The minimum Gasteiger partial charge on any atom is -0.383 e. The number of nitrogens with zero attached hydrogens (tertiary/aromatic N) is 3. The number of H-pyrrole nitrogens is 1. The lowest BCUT2D eigenvalue weighted by Gasteiger charge is -2.05. The van der Waals surface area contributed by atoms with Gasteiger partial charge in [0.2, 0.25) is 5.95 Å². The zero-order chi connectivity index (χ0) is 15.1. The predicted molar refractivity (Wildman–Crippen MR) is 82.2 cm³/mol. The van der Waals surface area contributed by atoms with E-state index in [-0.39, 0.29) is 17.3 Å². The van der Waals surface area contributed by atoms with Crippen molar-refractivity contribution in [2.75, 3.05) is 11.5 Å². The van der Waals surface area contributed by atoms with Crippen LogP contribution in [0, 0.1) is 0 Å². The van der Waals surface area contributed by atoms with Crippen molar-refractivity contribution in [3.8, 4) is 0 Å². The van der Waals surface area contributed by atoms with Gasteiger partial charge in [-0.15, -0.1) is 0 Å². The lowest BCUT2D eigenvalue weighted by Crippen LogP contribution is -2.19. The van der Waals surface area contributed by atoms with E-state index in [2.05, 4.69) is 15.0 Å². The van der Waals surface area contributed by atoms with Crippen LogP contribution in [0.3, 0.4) is 0 Å². The molecule has 8 heteroatoms. The van der Waals surface area contributed by atoms with Crippen molar-refractivity contribution in [1.29, 1.82) is 0 Å². The van der Waals surface area contributed by atoms with Gasteiger partial charge < -0.3 is 16.0 Å². The Morgan fingerprint density at radius 3 is 2.90 bits per heavy atom. The maximum absolute atomic E-state index is 11.9. The molecular formula is C13H13ClN6O.